The quantitative estimate of drug-likeness (QED) is 0.155. The molecule has 0 fully saturated rings. The Kier molecular flexibility index (Phi) is 13.2. The fourth-order valence-electron chi connectivity index (χ4n) is 4.33. The summed E-state index contributed by atoms with van der Waals surface area (Å²) in [5.74, 6) is 5.56. The maximum absolute atomic E-state index is 12.9. The van der Waals surface area contributed by atoms with Gasteiger partial charge in [-0.25, -0.2) is 0 Å². The van der Waals surface area contributed by atoms with E-state index in [-0.39, 0.29) is 43.5 Å². The van der Waals surface area contributed by atoms with Gasteiger partial charge in [-0.2, -0.15) is 8.42 Å². The molecule has 0 spiro atoms. The van der Waals surface area contributed by atoms with Gasteiger partial charge in [-0.15, -0.1) is 0 Å². The lowest BCUT2D eigenvalue weighted by Gasteiger charge is -2.32. The van der Waals surface area contributed by atoms with Gasteiger partial charge in [0.25, 0.3) is 16.0 Å². The molecule has 0 aliphatic heterocycles. The van der Waals surface area contributed by atoms with E-state index in [4.69, 9.17) is 13.7 Å². The number of carbonyl (C=O) groups excluding carboxylic acids is 1. The lowest BCUT2D eigenvalue weighted by Crippen LogP contribution is -2.34. The van der Waals surface area contributed by atoms with Crippen molar-refractivity contribution in [1.29, 1.82) is 0 Å². The van der Waals surface area contributed by atoms with Gasteiger partial charge in [0.05, 0.1) is 37.9 Å². The third kappa shape index (κ3) is 10.7. The average molecular weight is 592 g/mol. The minimum Gasteiger partial charge on any atom is -0.376 e. The summed E-state index contributed by atoms with van der Waals surface area (Å²) in [6.45, 7) is 7.97. The third-order valence-corrected chi connectivity index (χ3v) is 8.26. The Hall–Kier alpha value is -3.48. The highest BCUT2D eigenvalue weighted by Crippen LogP contribution is 2.30. The van der Waals surface area contributed by atoms with E-state index >= 15 is 0 Å². The number of rotatable bonds is 16. The molecule has 0 heterocycles. The first kappa shape index (κ1) is 33.0. The number of benzene rings is 3. The van der Waals surface area contributed by atoms with Gasteiger partial charge in [0.15, 0.2) is 0 Å². The fourth-order valence-corrected chi connectivity index (χ4v) is 5.24. The second kappa shape index (κ2) is 16.8. The normalized spacial score (nSPS) is 11.5. The maximum atomic E-state index is 12.9. The summed E-state index contributed by atoms with van der Waals surface area (Å²) in [6.07, 6.45) is 0.549. The summed E-state index contributed by atoms with van der Waals surface area (Å²) in [5.41, 5.74) is 2.25. The van der Waals surface area contributed by atoms with Crippen LogP contribution in [0.1, 0.15) is 43.4 Å². The summed E-state index contributed by atoms with van der Waals surface area (Å²) < 4.78 is 43.6. The Morgan fingerprint density at radius 2 is 1.33 bits per heavy atom. The smallest absolute Gasteiger partial charge is 0.298 e. The van der Waals surface area contributed by atoms with Crippen molar-refractivity contribution in [3.63, 3.8) is 0 Å². The van der Waals surface area contributed by atoms with E-state index in [1.165, 1.54) is 12.1 Å². The number of nitrogens with zero attached hydrogens (tertiary/aromatic N) is 1. The minimum absolute atomic E-state index is 0.0920. The number of carbonyl (C=O) groups is 1. The molecular formula is C34H41NO6S. The van der Waals surface area contributed by atoms with Crippen LogP contribution in [0.4, 0.5) is 0 Å². The van der Waals surface area contributed by atoms with Crippen molar-refractivity contribution < 1.29 is 26.9 Å². The van der Waals surface area contributed by atoms with Gasteiger partial charge in [0, 0.05) is 24.9 Å². The number of amides is 1. The Morgan fingerprint density at radius 3 is 1.83 bits per heavy atom. The molecule has 0 atom stereocenters. The van der Waals surface area contributed by atoms with Crippen LogP contribution in [0.3, 0.4) is 0 Å². The van der Waals surface area contributed by atoms with Gasteiger partial charge in [0.1, 0.15) is 0 Å². The van der Waals surface area contributed by atoms with Crippen LogP contribution in [0.5, 0.6) is 0 Å². The van der Waals surface area contributed by atoms with E-state index in [1.807, 2.05) is 81.4 Å². The van der Waals surface area contributed by atoms with Crippen molar-refractivity contribution in [2.45, 2.75) is 51.7 Å². The molecule has 3 aromatic carbocycles. The largest absolute Gasteiger partial charge is 0.376 e. The Balaban J connectivity index is 1.81. The Labute approximate surface area is 250 Å². The molecule has 3 aromatic rings. The first-order valence-electron chi connectivity index (χ1n) is 14.2. The molecule has 0 N–H and O–H groups in total. The van der Waals surface area contributed by atoms with E-state index in [0.717, 1.165) is 16.7 Å². The predicted molar refractivity (Wildman–Crippen MR) is 164 cm³/mol. The number of hydrogen-bond donors (Lipinski definition) is 0. The minimum atomic E-state index is -3.96. The monoisotopic (exact) mass is 591 g/mol. The number of ether oxygens (including phenoxy) is 2. The molecule has 0 saturated carbocycles. The van der Waals surface area contributed by atoms with Gasteiger partial charge in [-0.05, 0) is 56.4 Å². The zero-order valence-electron chi connectivity index (χ0n) is 24.8. The lowest BCUT2D eigenvalue weighted by atomic mass is 9.83. The van der Waals surface area contributed by atoms with Crippen LogP contribution >= 0.6 is 0 Å². The van der Waals surface area contributed by atoms with Gasteiger partial charge < -0.3 is 14.4 Å². The van der Waals surface area contributed by atoms with Crippen molar-refractivity contribution in [3.05, 3.63) is 102 Å². The summed E-state index contributed by atoms with van der Waals surface area (Å²) in [4.78, 5) is 14.4. The highest BCUT2D eigenvalue weighted by atomic mass is 32.2. The molecule has 42 heavy (non-hydrogen) atoms. The molecule has 224 valence electrons. The van der Waals surface area contributed by atoms with Crippen LogP contribution in [0.25, 0.3) is 0 Å². The van der Waals surface area contributed by atoms with Crippen molar-refractivity contribution in [3.8, 4) is 11.8 Å². The van der Waals surface area contributed by atoms with Gasteiger partial charge in [0.2, 0.25) is 0 Å². The molecule has 0 aliphatic rings. The summed E-state index contributed by atoms with van der Waals surface area (Å²) >= 11 is 0. The van der Waals surface area contributed by atoms with Crippen molar-refractivity contribution >= 4 is 16.0 Å². The average Bonchev–Trinajstić information content (AvgIpc) is 2.99. The van der Waals surface area contributed by atoms with Crippen LogP contribution in [0, 0.1) is 24.2 Å². The summed E-state index contributed by atoms with van der Waals surface area (Å²) in [6, 6.07) is 26.1. The standard InChI is InChI=1S/C34H41NO6S/c1-4-35(5-2)33(36)17-12-22-34(27-39-25-30-13-8-6-9-14-30,28-40-26-31-15-10-7-11-16-31)23-24-41-42(37,38)32-20-18-29(3)19-21-32/h6-11,13-16,18-21H,4-5,22-28H2,1-3H3. The molecule has 0 aliphatic carbocycles. The van der Waals surface area contributed by atoms with Crippen LogP contribution in [0.15, 0.2) is 89.8 Å². The van der Waals surface area contributed by atoms with E-state index in [1.54, 1.807) is 17.0 Å². The highest BCUT2D eigenvalue weighted by molar-refractivity contribution is 7.86. The Morgan fingerprint density at radius 1 is 0.810 bits per heavy atom. The molecule has 0 unspecified atom stereocenters. The van der Waals surface area contributed by atoms with Gasteiger partial charge in [-0.1, -0.05) is 84.3 Å². The SMILES string of the molecule is CCN(CC)C(=O)C#CCC(CCOS(=O)(=O)c1ccc(C)cc1)(COCc1ccccc1)COCc1ccccc1. The zero-order chi connectivity index (χ0) is 30.3. The van der Waals surface area contributed by atoms with Crippen LogP contribution in [0.2, 0.25) is 0 Å². The number of aryl methyl sites for hydroxylation is 1. The molecule has 3 rings (SSSR count). The van der Waals surface area contributed by atoms with Crippen molar-refractivity contribution in [1.82, 2.24) is 4.90 Å². The van der Waals surface area contributed by atoms with E-state index in [9.17, 15) is 13.2 Å². The number of hydrogen-bond acceptors (Lipinski definition) is 6. The third-order valence-electron chi connectivity index (χ3n) is 6.93. The predicted octanol–water partition coefficient (Wildman–Crippen LogP) is 5.77. The van der Waals surface area contributed by atoms with E-state index < -0.39 is 15.5 Å². The second-order valence-electron chi connectivity index (χ2n) is 10.3. The molecular weight excluding hydrogens is 550 g/mol. The molecule has 8 heteroatoms. The van der Waals surface area contributed by atoms with Crippen LogP contribution in [-0.4, -0.2) is 52.1 Å². The topological polar surface area (TPSA) is 82.1 Å². The molecule has 0 aromatic heterocycles. The molecule has 0 saturated heterocycles. The molecule has 7 nitrogen and oxygen atoms in total. The maximum Gasteiger partial charge on any atom is 0.298 e. The van der Waals surface area contributed by atoms with E-state index in [0.29, 0.717) is 26.3 Å². The van der Waals surface area contributed by atoms with Crippen molar-refractivity contribution in [2.24, 2.45) is 5.41 Å². The highest BCUT2D eigenvalue weighted by Gasteiger charge is 2.32. The fraction of sp³-hybridized carbons (Fsp3) is 0.382. The lowest BCUT2D eigenvalue weighted by molar-refractivity contribution is -0.124. The van der Waals surface area contributed by atoms with E-state index in [2.05, 4.69) is 11.8 Å². The zero-order valence-corrected chi connectivity index (χ0v) is 25.6. The summed E-state index contributed by atoms with van der Waals surface area (Å²) in [7, 11) is -3.96. The Bertz CT molecular complexity index is 1350. The first-order chi connectivity index (χ1) is 20.3. The molecule has 0 bridgehead atoms. The summed E-state index contributed by atoms with van der Waals surface area (Å²) in [5, 5.41) is 0. The van der Waals surface area contributed by atoms with Crippen LogP contribution < -0.4 is 0 Å². The molecule has 1 amide bonds. The van der Waals surface area contributed by atoms with Crippen molar-refractivity contribution in [2.75, 3.05) is 32.9 Å². The van der Waals surface area contributed by atoms with Gasteiger partial charge in [-0.3, -0.25) is 8.98 Å². The van der Waals surface area contributed by atoms with Crippen LogP contribution in [-0.2, 0) is 41.8 Å². The second-order valence-corrected chi connectivity index (χ2v) is 11.9. The van der Waals surface area contributed by atoms with Gasteiger partial charge >= 0.3 is 0 Å². The molecule has 0 radical (unpaired) electrons. The first-order valence-corrected chi connectivity index (χ1v) is 15.6.